The molecule has 0 aliphatic rings. The Balaban J connectivity index is 3.33. The van der Waals surface area contributed by atoms with Gasteiger partial charge in [0, 0.05) is 10.6 Å². The zero-order chi connectivity index (χ0) is 9.30. The number of hydrogen-bond acceptors (Lipinski definition) is 1. The van der Waals surface area contributed by atoms with Crippen LogP contribution in [0.2, 0.25) is 5.02 Å². The molecule has 0 heterocycles. The Morgan fingerprint density at radius 3 is 2.33 bits per heavy atom. The van der Waals surface area contributed by atoms with Gasteiger partial charge in [-0.3, -0.25) is 0 Å². The number of phenolic OH excluding ortho intramolecular Hbond substituents is 1. The zero-order valence-electron chi connectivity index (χ0n) is 7.56. The Kier molecular flexibility index (Phi) is 2.63. The van der Waals surface area contributed by atoms with Gasteiger partial charge in [0.2, 0.25) is 0 Å². The molecular formula is C10H13ClO. The summed E-state index contributed by atoms with van der Waals surface area (Å²) in [4.78, 5) is 0. The fourth-order valence-corrected chi connectivity index (χ4v) is 1.61. The molecule has 12 heavy (non-hydrogen) atoms. The van der Waals surface area contributed by atoms with E-state index < -0.39 is 0 Å². The monoisotopic (exact) mass is 184 g/mol. The average molecular weight is 185 g/mol. The molecule has 0 saturated carbocycles. The molecule has 0 spiro atoms. The van der Waals surface area contributed by atoms with Crippen LogP contribution in [0.25, 0.3) is 0 Å². The Morgan fingerprint density at radius 2 is 1.92 bits per heavy atom. The van der Waals surface area contributed by atoms with Crippen LogP contribution in [0.4, 0.5) is 0 Å². The summed E-state index contributed by atoms with van der Waals surface area (Å²) in [5, 5.41) is 10.3. The van der Waals surface area contributed by atoms with E-state index in [0.717, 1.165) is 11.1 Å². The molecule has 0 aromatic heterocycles. The maximum absolute atomic E-state index is 9.66. The molecule has 2 heteroatoms. The molecule has 1 nitrogen and oxygen atoms in total. The van der Waals surface area contributed by atoms with Crippen LogP contribution in [0, 0.1) is 6.92 Å². The molecule has 0 radical (unpaired) electrons. The zero-order valence-corrected chi connectivity index (χ0v) is 8.31. The minimum Gasteiger partial charge on any atom is -0.507 e. The van der Waals surface area contributed by atoms with Crippen molar-refractivity contribution in [2.45, 2.75) is 26.7 Å². The second kappa shape index (κ2) is 3.36. The lowest BCUT2D eigenvalue weighted by Gasteiger charge is -2.11. The van der Waals surface area contributed by atoms with E-state index in [1.807, 2.05) is 32.9 Å². The molecular weight excluding hydrogens is 172 g/mol. The summed E-state index contributed by atoms with van der Waals surface area (Å²) in [5.74, 6) is 0.592. The quantitative estimate of drug-likeness (QED) is 0.709. The van der Waals surface area contributed by atoms with Crippen LogP contribution >= 0.6 is 11.6 Å². The molecule has 66 valence electrons. The van der Waals surface area contributed by atoms with Crippen molar-refractivity contribution in [2.24, 2.45) is 0 Å². The third-order valence-corrected chi connectivity index (χ3v) is 2.27. The Morgan fingerprint density at radius 1 is 1.33 bits per heavy atom. The summed E-state index contributed by atoms with van der Waals surface area (Å²) < 4.78 is 0. The molecule has 1 aromatic rings. The van der Waals surface area contributed by atoms with Crippen LogP contribution < -0.4 is 0 Å². The van der Waals surface area contributed by atoms with E-state index in [2.05, 4.69) is 0 Å². The second-order valence-electron chi connectivity index (χ2n) is 3.28. The first-order chi connectivity index (χ1) is 5.54. The second-order valence-corrected chi connectivity index (χ2v) is 3.69. The fourth-order valence-electron chi connectivity index (χ4n) is 1.24. The van der Waals surface area contributed by atoms with Crippen molar-refractivity contribution >= 4 is 11.6 Å². The van der Waals surface area contributed by atoms with E-state index in [4.69, 9.17) is 11.6 Å². The molecule has 1 N–H and O–H groups in total. The third kappa shape index (κ3) is 1.56. The Labute approximate surface area is 78.0 Å². The summed E-state index contributed by atoms with van der Waals surface area (Å²) >= 11 is 5.94. The number of rotatable bonds is 1. The smallest absolute Gasteiger partial charge is 0.123 e. The van der Waals surface area contributed by atoms with Crippen molar-refractivity contribution in [3.05, 3.63) is 28.3 Å². The normalized spacial score (nSPS) is 10.8. The third-order valence-electron chi connectivity index (χ3n) is 1.94. The summed E-state index contributed by atoms with van der Waals surface area (Å²) in [5.41, 5.74) is 1.72. The van der Waals surface area contributed by atoms with E-state index in [1.165, 1.54) is 0 Å². The molecule has 0 aliphatic carbocycles. The summed E-state index contributed by atoms with van der Waals surface area (Å²) in [6.45, 7) is 5.90. The van der Waals surface area contributed by atoms with Gasteiger partial charge in [0.1, 0.15) is 5.75 Å². The molecule has 0 saturated heterocycles. The van der Waals surface area contributed by atoms with Crippen LogP contribution in [0.1, 0.15) is 30.9 Å². The van der Waals surface area contributed by atoms with Gasteiger partial charge in [0.05, 0.1) is 0 Å². The van der Waals surface area contributed by atoms with E-state index in [-0.39, 0.29) is 5.92 Å². The van der Waals surface area contributed by atoms with Crippen molar-refractivity contribution in [2.75, 3.05) is 0 Å². The standard InChI is InChI=1S/C10H13ClO/c1-6(2)9-8(11)5-4-7(3)10(9)12/h4-6,12H,1-3H3. The minimum absolute atomic E-state index is 0.261. The van der Waals surface area contributed by atoms with Gasteiger partial charge >= 0.3 is 0 Å². The highest BCUT2D eigenvalue weighted by molar-refractivity contribution is 6.31. The van der Waals surface area contributed by atoms with Crippen molar-refractivity contribution in [3.63, 3.8) is 0 Å². The highest BCUT2D eigenvalue weighted by Gasteiger charge is 2.11. The lowest BCUT2D eigenvalue weighted by atomic mass is 9.99. The van der Waals surface area contributed by atoms with Crippen LogP contribution in [0.3, 0.4) is 0 Å². The van der Waals surface area contributed by atoms with Gasteiger partial charge in [-0.25, -0.2) is 0 Å². The highest BCUT2D eigenvalue weighted by Crippen LogP contribution is 2.34. The maximum Gasteiger partial charge on any atom is 0.123 e. The first kappa shape index (κ1) is 9.40. The highest BCUT2D eigenvalue weighted by atomic mass is 35.5. The van der Waals surface area contributed by atoms with E-state index in [1.54, 1.807) is 0 Å². The minimum atomic E-state index is 0.261. The average Bonchev–Trinajstić information content (AvgIpc) is 1.97. The predicted molar refractivity (Wildman–Crippen MR) is 51.9 cm³/mol. The topological polar surface area (TPSA) is 20.2 Å². The number of benzene rings is 1. The number of aromatic hydroxyl groups is 1. The molecule has 1 aromatic carbocycles. The molecule has 0 aliphatic heterocycles. The van der Waals surface area contributed by atoms with Crippen molar-refractivity contribution < 1.29 is 5.11 Å². The van der Waals surface area contributed by atoms with Gasteiger partial charge in [-0.1, -0.05) is 31.5 Å². The molecule has 0 bridgehead atoms. The summed E-state index contributed by atoms with van der Waals surface area (Å²) in [6.07, 6.45) is 0. The molecule has 0 fully saturated rings. The van der Waals surface area contributed by atoms with E-state index in [0.29, 0.717) is 10.8 Å². The number of aryl methyl sites for hydroxylation is 1. The van der Waals surface area contributed by atoms with Crippen molar-refractivity contribution in [3.8, 4) is 5.75 Å². The summed E-state index contributed by atoms with van der Waals surface area (Å²) in [7, 11) is 0. The van der Waals surface area contributed by atoms with Gasteiger partial charge < -0.3 is 5.11 Å². The summed E-state index contributed by atoms with van der Waals surface area (Å²) in [6, 6.07) is 3.65. The predicted octanol–water partition coefficient (Wildman–Crippen LogP) is 3.48. The van der Waals surface area contributed by atoms with Crippen LogP contribution in [-0.2, 0) is 0 Å². The van der Waals surface area contributed by atoms with Crippen LogP contribution in [0.5, 0.6) is 5.75 Å². The lowest BCUT2D eigenvalue weighted by molar-refractivity contribution is 0.461. The first-order valence-electron chi connectivity index (χ1n) is 4.02. The molecule has 0 unspecified atom stereocenters. The molecule has 1 rings (SSSR count). The largest absolute Gasteiger partial charge is 0.507 e. The SMILES string of the molecule is Cc1ccc(Cl)c(C(C)C)c1O. The van der Waals surface area contributed by atoms with Gasteiger partial charge in [0.25, 0.3) is 0 Å². The molecule has 0 atom stereocenters. The first-order valence-corrected chi connectivity index (χ1v) is 4.39. The Hall–Kier alpha value is -0.690. The number of halogens is 1. The maximum atomic E-state index is 9.66. The van der Waals surface area contributed by atoms with Gasteiger partial charge in [-0.15, -0.1) is 0 Å². The number of phenols is 1. The van der Waals surface area contributed by atoms with Gasteiger partial charge in [0.15, 0.2) is 0 Å². The number of hydrogen-bond donors (Lipinski definition) is 1. The fraction of sp³-hybridized carbons (Fsp3) is 0.400. The van der Waals surface area contributed by atoms with Gasteiger partial charge in [-0.2, -0.15) is 0 Å². The van der Waals surface area contributed by atoms with Gasteiger partial charge in [-0.05, 0) is 24.5 Å². The van der Waals surface area contributed by atoms with Crippen molar-refractivity contribution in [1.82, 2.24) is 0 Å². The Bertz CT molecular complexity index is 292. The van der Waals surface area contributed by atoms with E-state index >= 15 is 0 Å². The van der Waals surface area contributed by atoms with E-state index in [9.17, 15) is 5.11 Å². The molecule has 0 amide bonds. The van der Waals surface area contributed by atoms with Crippen LogP contribution in [0.15, 0.2) is 12.1 Å². The van der Waals surface area contributed by atoms with Crippen LogP contribution in [-0.4, -0.2) is 5.11 Å². The lowest BCUT2D eigenvalue weighted by Crippen LogP contribution is -1.91. The van der Waals surface area contributed by atoms with Crippen molar-refractivity contribution in [1.29, 1.82) is 0 Å².